The summed E-state index contributed by atoms with van der Waals surface area (Å²) in [6.45, 7) is 1.98. The van der Waals surface area contributed by atoms with Gasteiger partial charge >= 0.3 is 0 Å². The molecule has 0 saturated heterocycles. The van der Waals surface area contributed by atoms with E-state index < -0.39 is 0 Å². The lowest BCUT2D eigenvalue weighted by atomic mass is 10.1. The maximum absolute atomic E-state index is 5.93. The van der Waals surface area contributed by atoms with Crippen LogP contribution in [0.1, 0.15) is 11.8 Å². The zero-order chi connectivity index (χ0) is 13.7. The quantitative estimate of drug-likeness (QED) is 0.636. The molecule has 0 amide bonds. The molecule has 1 heterocycles. The Labute approximate surface area is 121 Å². The van der Waals surface area contributed by atoms with E-state index in [0.29, 0.717) is 5.02 Å². The van der Waals surface area contributed by atoms with Gasteiger partial charge in [-0.1, -0.05) is 17.7 Å². The molecule has 0 saturated carbocycles. The molecule has 0 fully saturated rings. The van der Waals surface area contributed by atoms with Gasteiger partial charge in [-0.05, 0) is 25.1 Å². The van der Waals surface area contributed by atoms with Gasteiger partial charge in [-0.25, -0.2) is 0 Å². The molecule has 0 spiro atoms. The molecule has 1 aromatic carbocycles. The Balaban J connectivity index is 1.98. The van der Waals surface area contributed by atoms with Crippen molar-refractivity contribution in [2.45, 2.75) is 25.5 Å². The number of hydrazine groups is 1. The number of nitrogens with one attached hydrogen (secondary N) is 1. The summed E-state index contributed by atoms with van der Waals surface area (Å²) >= 11 is 7.54. The molecule has 3 N–H and O–H groups in total. The van der Waals surface area contributed by atoms with Crippen LogP contribution in [0.2, 0.25) is 5.02 Å². The highest BCUT2D eigenvalue weighted by molar-refractivity contribution is 7.09. The minimum absolute atomic E-state index is 0.0134. The van der Waals surface area contributed by atoms with E-state index in [9.17, 15) is 0 Å². The molecule has 6 heteroatoms. The van der Waals surface area contributed by atoms with Crippen LogP contribution in [0.4, 0.5) is 0 Å². The second-order valence-electron chi connectivity index (χ2n) is 4.23. The Kier molecular flexibility index (Phi) is 5.15. The molecule has 0 bridgehead atoms. The normalized spacial score (nSPS) is 14.1. The van der Waals surface area contributed by atoms with Crippen molar-refractivity contribution in [2.24, 2.45) is 5.84 Å². The lowest BCUT2D eigenvalue weighted by Gasteiger charge is -2.23. The Hall–Kier alpha value is -1.14. The van der Waals surface area contributed by atoms with E-state index in [1.165, 1.54) is 4.88 Å². The number of ether oxygens (including phenoxy) is 1. The first-order chi connectivity index (χ1) is 9.19. The first-order valence-corrected chi connectivity index (χ1v) is 7.20. The monoisotopic (exact) mass is 297 g/mol. The number of hydrogen-bond acceptors (Lipinski definition) is 5. The van der Waals surface area contributed by atoms with Crippen LogP contribution in [0.5, 0.6) is 5.75 Å². The third-order valence-corrected chi connectivity index (χ3v) is 3.84. The zero-order valence-electron chi connectivity index (χ0n) is 10.5. The molecule has 0 aliphatic carbocycles. The van der Waals surface area contributed by atoms with Crippen LogP contribution in [-0.2, 0) is 6.42 Å². The van der Waals surface area contributed by atoms with Gasteiger partial charge in [-0.2, -0.15) is 0 Å². The standard InChI is InChI=1S/C13H16ClN3OS/c1-9(18-11-4-2-3-10(14)5-11)13(17-15)6-12-7-16-8-19-12/h2-5,7-9,13,17H,6,15H2,1H3. The van der Waals surface area contributed by atoms with E-state index in [1.807, 2.05) is 36.8 Å². The van der Waals surface area contributed by atoms with E-state index in [-0.39, 0.29) is 12.1 Å². The number of hydrogen-bond donors (Lipinski definition) is 2. The molecule has 2 unspecified atom stereocenters. The fourth-order valence-electron chi connectivity index (χ4n) is 1.76. The number of thiazole rings is 1. The maximum Gasteiger partial charge on any atom is 0.121 e. The van der Waals surface area contributed by atoms with Gasteiger partial charge in [0.05, 0.1) is 11.6 Å². The number of rotatable bonds is 6. The highest BCUT2D eigenvalue weighted by Gasteiger charge is 2.18. The number of benzene rings is 1. The Morgan fingerprint density at radius 1 is 1.53 bits per heavy atom. The summed E-state index contributed by atoms with van der Waals surface area (Å²) in [4.78, 5) is 5.23. The Bertz CT molecular complexity index is 506. The van der Waals surface area contributed by atoms with Crippen molar-refractivity contribution in [1.82, 2.24) is 10.4 Å². The molecule has 1 aromatic heterocycles. The summed E-state index contributed by atoms with van der Waals surface area (Å²) in [6, 6.07) is 7.36. The number of nitrogens with zero attached hydrogens (tertiary/aromatic N) is 1. The minimum atomic E-state index is -0.0782. The van der Waals surface area contributed by atoms with Crippen molar-refractivity contribution >= 4 is 22.9 Å². The van der Waals surface area contributed by atoms with Gasteiger partial charge in [0.2, 0.25) is 0 Å². The number of aromatic nitrogens is 1. The molecule has 2 aromatic rings. The van der Waals surface area contributed by atoms with Crippen molar-refractivity contribution in [3.8, 4) is 5.75 Å². The van der Waals surface area contributed by atoms with Crippen LogP contribution in [-0.4, -0.2) is 17.1 Å². The second-order valence-corrected chi connectivity index (χ2v) is 5.63. The fraction of sp³-hybridized carbons (Fsp3) is 0.308. The maximum atomic E-state index is 5.93. The number of nitrogens with two attached hydrogens (primary N) is 1. The van der Waals surface area contributed by atoms with Crippen LogP contribution >= 0.6 is 22.9 Å². The second kappa shape index (κ2) is 6.86. The van der Waals surface area contributed by atoms with Crippen LogP contribution < -0.4 is 16.0 Å². The van der Waals surface area contributed by atoms with Crippen molar-refractivity contribution in [2.75, 3.05) is 0 Å². The summed E-state index contributed by atoms with van der Waals surface area (Å²) in [5.74, 6) is 6.34. The van der Waals surface area contributed by atoms with Crippen molar-refractivity contribution in [1.29, 1.82) is 0 Å². The zero-order valence-corrected chi connectivity index (χ0v) is 12.1. The van der Waals surface area contributed by atoms with Gasteiger partial charge in [0.15, 0.2) is 0 Å². The smallest absolute Gasteiger partial charge is 0.121 e. The van der Waals surface area contributed by atoms with E-state index in [4.69, 9.17) is 22.2 Å². The molecule has 2 rings (SSSR count). The molecular weight excluding hydrogens is 282 g/mol. The Morgan fingerprint density at radius 2 is 2.37 bits per heavy atom. The average molecular weight is 298 g/mol. The molecule has 0 radical (unpaired) electrons. The summed E-state index contributed by atoms with van der Waals surface area (Å²) in [7, 11) is 0. The summed E-state index contributed by atoms with van der Waals surface area (Å²) in [5.41, 5.74) is 4.61. The molecule has 0 aliphatic rings. The van der Waals surface area contributed by atoms with Crippen LogP contribution in [0.3, 0.4) is 0 Å². The average Bonchev–Trinajstić information content (AvgIpc) is 2.88. The summed E-state index contributed by atoms with van der Waals surface area (Å²) < 4.78 is 5.85. The van der Waals surface area contributed by atoms with Crippen molar-refractivity contribution in [3.63, 3.8) is 0 Å². The lowest BCUT2D eigenvalue weighted by Crippen LogP contribution is -2.46. The van der Waals surface area contributed by atoms with Crippen LogP contribution in [0.25, 0.3) is 0 Å². The molecular formula is C13H16ClN3OS. The van der Waals surface area contributed by atoms with E-state index in [0.717, 1.165) is 12.2 Å². The number of halogens is 1. The van der Waals surface area contributed by atoms with E-state index in [1.54, 1.807) is 17.4 Å². The summed E-state index contributed by atoms with van der Waals surface area (Å²) in [5, 5.41) is 0.657. The van der Waals surface area contributed by atoms with E-state index >= 15 is 0 Å². The lowest BCUT2D eigenvalue weighted by molar-refractivity contribution is 0.170. The SMILES string of the molecule is CC(Oc1cccc(Cl)c1)C(Cc1cncs1)NN. The largest absolute Gasteiger partial charge is 0.489 e. The van der Waals surface area contributed by atoms with Crippen LogP contribution in [0, 0.1) is 0 Å². The predicted octanol–water partition coefficient (Wildman–Crippen LogP) is 2.64. The van der Waals surface area contributed by atoms with Crippen molar-refractivity contribution < 1.29 is 4.74 Å². The molecule has 102 valence electrons. The molecule has 0 aliphatic heterocycles. The van der Waals surface area contributed by atoms with Crippen molar-refractivity contribution in [3.05, 3.63) is 45.9 Å². The highest BCUT2D eigenvalue weighted by atomic mass is 35.5. The summed E-state index contributed by atoms with van der Waals surface area (Å²) in [6.07, 6.45) is 2.55. The first-order valence-electron chi connectivity index (χ1n) is 5.94. The van der Waals surface area contributed by atoms with Gasteiger partial charge in [0.1, 0.15) is 11.9 Å². The predicted molar refractivity (Wildman–Crippen MR) is 78.5 cm³/mol. The molecule has 19 heavy (non-hydrogen) atoms. The van der Waals surface area contributed by atoms with E-state index in [2.05, 4.69) is 10.4 Å². The third-order valence-electron chi connectivity index (χ3n) is 2.80. The van der Waals surface area contributed by atoms with Gasteiger partial charge in [-0.3, -0.25) is 16.3 Å². The highest BCUT2D eigenvalue weighted by Crippen LogP contribution is 2.20. The fourth-order valence-corrected chi connectivity index (χ4v) is 2.59. The molecule has 2 atom stereocenters. The Morgan fingerprint density at radius 3 is 3.00 bits per heavy atom. The van der Waals surface area contributed by atoms with Gasteiger partial charge < -0.3 is 4.74 Å². The van der Waals surface area contributed by atoms with Gasteiger partial charge in [0, 0.05) is 22.5 Å². The first kappa shape index (κ1) is 14.3. The third kappa shape index (κ3) is 4.18. The van der Waals surface area contributed by atoms with Gasteiger partial charge in [0.25, 0.3) is 0 Å². The molecule has 4 nitrogen and oxygen atoms in total. The van der Waals surface area contributed by atoms with Crippen LogP contribution in [0.15, 0.2) is 36.0 Å². The minimum Gasteiger partial charge on any atom is -0.489 e. The topological polar surface area (TPSA) is 60.2 Å². The van der Waals surface area contributed by atoms with Gasteiger partial charge in [-0.15, -0.1) is 11.3 Å².